The highest BCUT2D eigenvalue weighted by atomic mass is 16.5. The van der Waals surface area contributed by atoms with E-state index in [0.29, 0.717) is 85.8 Å². The van der Waals surface area contributed by atoms with Crippen molar-refractivity contribution < 1.29 is 57.2 Å². The summed E-state index contributed by atoms with van der Waals surface area (Å²) < 4.78 is 32.5. The lowest BCUT2D eigenvalue weighted by Crippen LogP contribution is -2.16. The van der Waals surface area contributed by atoms with Crippen LogP contribution in [-0.2, 0) is 38.2 Å². The minimum atomic E-state index is -0.801. The molecule has 0 atom stereocenters. The molecule has 0 aromatic heterocycles. The molecule has 4 rings (SSSR count). The third-order valence-corrected chi connectivity index (χ3v) is 9.77. The molecule has 0 bridgehead atoms. The van der Waals surface area contributed by atoms with Gasteiger partial charge < -0.3 is 28.4 Å². The van der Waals surface area contributed by atoms with Crippen molar-refractivity contribution in [3.05, 3.63) is 156 Å². The van der Waals surface area contributed by atoms with Crippen LogP contribution in [0.1, 0.15) is 88.5 Å². The number of ketones is 2. The third kappa shape index (κ3) is 17.8. The number of unbranched alkanes of at least 4 members (excludes halogenated alkanes) is 2. The van der Waals surface area contributed by atoms with Crippen LogP contribution in [0.5, 0.6) is 23.0 Å². The van der Waals surface area contributed by atoms with Crippen LogP contribution in [0.4, 0.5) is 0 Å². The number of carbonyl (C=O) groups excluding carboxylic acids is 6. The summed E-state index contributed by atoms with van der Waals surface area (Å²) in [6.07, 6.45) is 8.89. The van der Waals surface area contributed by atoms with Crippen molar-refractivity contribution in [3.8, 4) is 23.0 Å². The van der Waals surface area contributed by atoms with E-state index in [1.165, 1.54) is 26.0 Å². The van der Waals surface area contributed by atoms with Crippen LogP contribution in [-0.4, -0.2) is 73.3 Å². The fraction of sp³-hybridized carbons (Fsp3) is 0.259. The van der Waals surface area contributed by atoms with Crippen molar-refractivity contribution in [2.24, 2.45) is 10.2 Å². The van der Waals surface area contributed by atoms with E-state index in [0.717, 1.165) is 23.3 Å². The summed E-state index contributed by atoms with van der Waals surface area (Å²) >= 11 is 0. The zero-order valence-corrected chi connectivity index (χ0v) is 38.8. The number of hydrogen-bond donors (Lipinski definition) is 0. The van der Waals surface area contributed by atoms with Gasteiger partial charge in [-0.2, -0.15) is 10.2 Å². The van der Waals surface area contributed by atoms with Crippen molar-refractivity contribution in [2.45, 2.75) is 66.2 Å². The Hall–Kier alpha value is -8.00. The Labute approximate surface area is 396 Å². The van der Waals surface area contributed by atoms with E-state index in [1.54, 1.807) is 97.1 Å². The summed E-state index contributed by atoms with van der Waals surface area (Å²) in [5, 5.41) is 9.09. The maximum Gasteiger partial charge on any atom is 0.347 e. The first-order valence-electron chi connectivity index (χ1n) is 22.1. The van der Waals surface area contributed by atoms with Gasteiger partial charge in [0.2, 0.25) is 0 Å². The number of rotatable bonds is 27. The highest BCUT2D eigenvalue weighted by Gasteiger charge is 2.19. The smallest absolute Gasteiger partial charge is 0.347 e. The number of Topliss-reactive ketones (excluding diaryl/α,β-unsaturated/α-hetero) is 2. The van der Waals surface area contributed by atoms with Crippen LogP contribution in [0.2, 0.25) is 0 Å². The monoisotopic (exact) mass is 924 g/mol. The van der Waals surface area contributed by atoms with Gasteiger partial charge in [0, 0.05) is 12.2 Å². The maximum atomic E-state index is 13.1. The molecule has 68 heavy (non-hydrogen) atoms. The number of hydrogen-bond acceptors (Lipinski definition) is 14. The van der Waals surface area contributed by atoms with E-state index in [2.05, 4.69) is 23.4 Å². The molecule has 0 N–H and O–H groups in total. The molecule has 0 amide bonds. The summed E-state index contributed by atoms with van der Waals surface area (Å²) in [5.41, 5.74) is 3.83. The van der Waals surface area contributed by atoms with Crippen LogP contribution in [0.3, 0.4) is 0 Å². The topological polar surface area (TPSA) is 183 Å². The molecule has 4 aromatic carbocycles. The lowest BCUT2D eigenvalue weighted by Gasteiger charge is -2.09. The standard InChI is InChI=1S/C54H56N2O12/c1-7-49(41-19-27-45(28-20-41)67-53(61)47(37(5)57)35-39-15-23-43(24-16-39)63-31-11-13-33-65-51(59)9-3)55-56-50(8-2)42-21-29-46(30-22-42)68-54(62)48(38(6)58)36-40-17-25-44(26-18-40)64-32-12-14-34-66-52(60)10-4/h9-10,15-30,35-36H,3-4,7-8,11-14,31-34H2,1-2,5-6H3. The molecule has 0 unspecified atom stereocenters. The molecule has 14 nitrogen and oxygen atoms in total. The maximum absolute atomic E-state index is 13.1. The van der Waals surface area contributed by atoms with Gasteiger partial charge >= 0.3 is 23.9 Å². The minimum Gasteiger partial charge on any atom is -0.494 e. The average Bonchev–Trinajstić information content (AvgIpc) is 3.34. The second kappa shape index (κ2) is 28.1. The molecule has 0 aliphatic rings. The molecule has 14 heteroatoms. The predicted molar refractivity (Wildman–Crippen MR) is 260 cm³/mol. The molecule has 0 aliphatic heterocycles. The van der Waals surface area contributed by atoms with Gasteiger partial charge in [-0.15, -0.1) is 0 Å². The van der Waals surface area contributed by atoms with Gasteiger partial charge in [0.05, 0.1) is 37.9 Å². The summed E-state index contributed by atoms with van der Waals surface area (Å²) in [5.74, 6) is -1.74. The fourth-order valence-corrected chi connectivity index (χ4v) is 6.05. The average molecular weight is 925 g/mol. The lowest BCUT2D eigenvalue weighted by molar-refractivity contribution is -0.138. The second-order valence-electron chi connectivity index (χ2n) is 14.8. The normalized spacial score (nSPS) is 11.8. The zero-order chi connectivity index (χ0) is 49.3. The Morgan fingerprint density at radius 3 is 1.10 bits per heavy atom. The molecule has 0 aliphatic carbocycles. The van der Waals surface area contributed by atoms with E-state index in [1.807, 2.05) is 13.8 Å². The molecule has 0 spiro atoms. The van der Waals surface area contributed by atoms with Gasteiger partial charge in [0.15, 0.2) is 11.6 Å². The first-order valence-corrected chi connectivity index (χ1v) is 22.1. The number of esters is 4. The molecule has 4 aromatic rings. The minimum absolute atomic E-state index is 0.126. The van der Waals surface area contributed by atoms with Crippen LogP contribution >= 0.6 is 0 Å². The summed E-state index contributed by atoms with van der Waals surface area (Å²) in [7, 11) is 0. The Kier molecular flexibility index (Phi) is 21.8. The van der Waals surface area contributed by atoms with Crippen molar-refractivity contribution in [2.75, 3.05) is 26.4 Å². The van der Waals surface area contributed by atoms with Gasteiger partial charge in [-0.3, -0.25) is 9.59 Å². The van der Waals surface area contributed by atoms with E-state index in [4.69, 9.17) is 28.4 Å². The van der Waals surface area contributed by atoms with Gasteiger partial charge in [0.25, 0.3) is 0 Å². The summed E-state index contributed by atoms with van der Waals surface area (Å²) in [6.45, 7) is 14.6. The molecule has 0 saturated carbocycles. The number of carbonyl (C=O) groups is 6. The van der Waals surface area contributed by atoms with E-state index in [9.17, 15) is 28.8 Å². The number of nitrogens with zero attached hydrogens (tertiary/aromatic N) is 2. The van der Waals surface area contributed by atoms with Crippen LogP contribution in [0.15, 0.2) is 144 Å². The largest absolute Gasteiger partial charge is 0.494 e. The zero-order valence-electron chi connectivity index (χ0n) is 38.8. The van der Waals surface area contributed by atoms with E-state index >= 15 is 0 Å². The summed E-state index contributed by atoms with van der Waals surface area (Å²) in [6, 6.07) is 27.3. The molecule has 0 radical (unpaired) electrons. The van der Waals surface area contributed by atoms with E-state index < -0.39 is 35.4 Å². The molecule has 354 valence electrons. The Balaban J connectivity index is 1.33. The molecule has 0 fully saturated rings. The van der Waals surface area contributed by atoms with Crippen LogP contribution in [0.25, 0.3) is 12.2 Å². The van der Waals surface area contributed by atoms with Gasteiger partial charge in [-0.05, 0) is 160 Å². The molecule has 0 heterocycles. The quantitative estimate of drug-likeness (QED) is 0.00808. The van der Waals surface area contributed by atoms with Crippen LogP contribution < -0.4 is 18.9 Å². The van der Waals surface area contributed by atoms with Gasteiger partial charge in [-0.1, -0.05) is 51.3 Å². The highest BCUT2D eigenvalue weighted by molar-refractivity contribution is 6.21. The predicted octanol–water partition coefficient (Wildman–Crippen LogP) is 9.63. The molecular formula is C54H56N2O12. The first kappa shape index (κ1) is 52.6. The van der Waals surface area contributed by atoms with Crippen LogP contribution in [0, 0.1) is 0 Å². The van der Waals surface area contributed by atoms with E-state index in [-0.39, 0.29) is 35.9 Å². The Bertz CT molecular complexity index is 2340. The Morgan fingerprint density at radius 2 is 0.794 bits per heavy atom. The molecular weight excluding hydrogens is 869 g/mol. The van der Waals surface area contributed by atoms with Crippen molar-refractivity contribution in [1.29, 1.82) is 0 Å². The number of ether oxygens (including phenoxy) is 6. The van der Waals surface area contributed by atoms with Crippen molar-refractivity contribution in [1.82, 2.24) is 0 Å². The fourth-order valence-electron chi connectivity index (χ4n) is 6.05. The molecule has 0 saturated heterocycles. The van der Waals surface area contributed by atoms with Gasteiger partial charge in [0.1, 0.15) is 34.1 Å². The SMILES string of the molecule is C=CC(=O)OCCCCOc1ccc(C=C(C(C)=O)C(=O)Oc2ccc(C(CC)=NN=C(CC)c3ccc(OC(=O)C(=Cc4ccc(OCCCCOC(=O)C=C)cc4)C(C)=O)cc3)cc2)cc1. The highest BCUT2D eigenvalue weighted by Crippen LogP contribution is 2.22. The van der Waals surface area contributed by atoms with Gasteiger partial charge in [-0.25, -0.2) is 19.2 Å². The summed E-state index contributed by atoms with van der Waals surface area (Å²) in [4.78, 5) is 73.5. The Morgan fingerprint density at radius 1 is 0.471 bits per heavy atom. The number of benzene rings is 4. The van der Waals surface area contributed by atoms with Crippen molar-refractivity contribution in [3.63, 3.8) is 0 Å². The third-order valence-electron chi connectivity index (χ3n) is 9.77. The second-order valence-corrected chi connectivity index (χ2v) is 14.8. The first-order chi connectivity index (χ1) is 32.8. The lowest BCUT2D eigenvalue weighted by atomic mass is 10.1. The van der Waals surface area contributed by atoms with Crippen molar-refractivity contribution >= 4 is 59.0 Å².